The summed E-state index contributed by atoms with van der Waals surface area (Å²) in [7, 11) is 0. The minimum absolute atomic E-state index is 0.0231. The van der Waals surface area contributed by atoms with Gasteiger partial charge in [0, 0.05) is 6.42 Å². The van der Waals surface area contributed by atoms with E-state index in [9.17, 15) is 18.3 Å². The summed E-state index contributed by atoms with van der Waals surface area (Å²) in [6, 6.07) is 6.28. The Hall–Kier alpha value is -1.23. The summed E-state index contributed by atoms with van der Waals surface area (Å²) in [6.07, 6.45) is -4.15. The van der Waals surface area contributed by atoms with E-state index in [-0.39, 0.29) is 31.6 Å². The lowest BCUT2D eigenvalue weighted by Gasteiger charge is -2.43. The zero-order chi connectivity index (χ0) is 12.5. The fourth-order valence-corrected chi connectivity index (χ4v) is 1.97. The van der Waals surface area contributed by atoms with E-state index in [1.807, 2.05) is 0 Å². The van der Waals surface area contributed by atoms with E-state index in [0.717, 1.165) is 0 Å². The molecule has 1 aliphatic rings. The molecule has 2 nitrogen and oxygen atoms in total. The molecule has 1 saturated heterocycles. The highest BCUT2D eigenvalue weighted by molar-refractivity contribution is 5.27. The Morgan fingerprint density at radius 3 is 2.53 bits per heavy atom. The van der Waals surface area contributed by atoms with Crippen molar-refractivity contribution >= 4 is 0 Å². The smallest absolute Gasteiger partial charge is 0.417 e. The van der Waals surface area contributed by atoms with E-state index in [4.69, 9.17) is 4.74 Å². The summed E-state index contributed by atoms with van der Waals surface area (Å²) >= 11 is 0. The lowest BCUT2D eigenvalue weighted by Crippen LogP contribution is -2.55. The Labute approximate surface area is 97.0 Å². The lowest BCUT2D eigenvalue weighted by atomic mass is 9.87. The van der Waals surface area contributed by atoms with E-state index in [2.05, 4.69) is 0 Å². The molecule has 1 unspecified atom stereocenters. The number of phenols is 1. The Bertz CT molecular complexity index is 397. The van der Waals surface area contributed by atoms with Crippen molar-refractivity contribution in [1.29, 1.82) is 0 Å². The molecule has 0 amide bonds. The minimum Gasteiger partial charge on any atom is -0.508 e. The Balaban J connectivity index is 2.02. The Morgan fingerprint density at radius 2 is 2.06 bits per heavy atom. The van der Waals surface area contributed by atoms with Crippen molar-refractivity contribution < 1.29 is 23.0 Å². The predicted octanol–water partition coefficient (Wildman–Crippen LogP) is 3.05. The number of benzene rings is 1. The molecule has 1 fully saturated rings. The van der Waals surface area contributed by atoms with Crippen molar-refractivity contribution in [1.82, 2.24) is 0 Å². The summed E-state index contributed by atoms with van der Waals surface area (Å²) in [5, 5.41) is 9.22. The molecule has 0 bridgehead atoms. The van der Waals surface area contributed by atoms with Crippen LogP contribution in [0, 0.1) is 0 Å². The number of phenolic OH excluding ortho intramolecular Hbond substituents is 1. The Kier molecular flexibility index (Phi) is 3.03. The molecule has 1 aromatic carbocycles. The van der Waals surface area contributed by atoms with Gasteiger partial charge in [-0.2, -0.15) is 13.2 Å². The van der Waals surface area contributed by atoms with Gasteiger partial charge in [0.05, 0.1) is 6.61 Å². The zero-order valence-electron chi connectivity index (χ0n) is 9.13. The van der Waals surface area contributed by atoms with Gasteiger partial charge in [0.25, 0.3) is 0 Å². The summed E-state index contributed by atoms with van der Waals surface area (Å²) in [6.45, 7) is 0.166. The molecular weight excluding hydrogens is 233 g/mol. The maximum absolute atomic E-state index is 12.8. The van der Waals surface area contributed by atoms with Crippen LogP contribution in [0.1, 0.15) is 18.4 Å². The van der Waals surface area contributed by atoms with Crippen LogP contribution in [0.15, 0.2) is 24.3 Å². The third-order valence-corrected chi connectivity index (χ3v) is 3.13. The van der Waals surface area contributed by atoms with E-state index in [1.165, 1.54) is 12.1 Å². The first-order valence-corrected chi connectivity index (χ1v) is 5.42. The van der Waals surface area contributed by atoms with Crippen LogP contribution in [0.25, 0.3) is 0 Å². The van der Waals surface area contributed by atoms with Gasteiger partial charge in [0.1, 0.15) is 5.75 Å². The van der Waals surface area contributed by atoms with E-state index in [1.54, 1.807) is 12.1 Å². The van der Waals surface area contributed by atoms with Crippen LogP contribution in [0.5, 0.6) is 5.75 Å². The van der Waals surface area contributed by atoms with Gasteiger partial charge in [-0.3, -0.25) is 0 Å². The largest absolute Gasteiger partial charge is 0.508 e. The molecular formula is C12H13F3O2. The molecule has 1 aliphatic heterocycles. The van der Waals surface area contributed by atoms with Crippen LogP contribution < -0.4 is 0 Å². The van der Waals surface area contributed by atoms with Crippen molar-refractivity contribution in [3.63, 3.8) is 0 Å². The third kappa shape index (κ3) is 2.39. The molecule has 1 N–H and O–H groups in total. The molecule has 1 atom stereocenters. The van der Waals surface area contributed by atoms with Crippen LogP contribution in [-0.2, 0) is 11.2 Å². The quantitative estimate of drug-likeness (QED) is 0.888. The van der Waals surface area contributed by atoms with Gasteiger partial charge < -0.3 is 9.84 Å². The number of ether oxygens (including phenoxy) is 1. The molecule has 17 heavy (non-hydrogen) atoms. The minimum atomic E-state index is -4.32. The number of hydrogen-bond acceptors (Lipinski definition) is 2. The standard InChI is InChI=1S/C12H13F3O2/c13-12(14,15)11(6-7-17-11)5-4-9-2-1-3-10(16)8-9/h1-3,8,16H,4-7H2. The molecule has 1 aromatic rings. The average Bonchev–Trinajstić information content (AvgIpc) is 2.13. The molecule has 2 rings (SSSR count). The first kappa shape index (κ1) is 12.2. The number of aryl methyl sites for hydroxylation is 1. The SMILES string of the molecule is Oc1cccc(CCC2(C(F)(F)F)CCO2)c1. The normalized spacial score (nSPS) is 24.4. The highest BCUT2D eigenvalue weighted by atomic mass is 19.4. The summed E-state index contributed by atoms with van der Waals surface area (Å²) in [5.41, 5.74) is -1.29. The molecule has 0 aliphatic carbocycles. The van der Waals surface area contributed by atoms with Crippen molar-refractivity contribution in [3.05, 3.63) is 29.8 Å². The van der Waals surface area contributed by atoms with Crippen molar-refractivity contribution in [3.8, 4) is 5.75 Å². The highest BCUT2D eigenvalue weighted by Crippen LogP contribution is 2.45. The maximum Gasteiger partial charge on any atom is 0.417 e. The van der Waals surface area contributed by atoms with E-state index in [0.29, 0.717) is 5.56 Å². The second-order valence-electron chi connectivity index (χ2n) is 4.26. The van der Waals surface area contributed by atoms with Gasteiger partial charge in [-0.1, -0.05) is 12.1 Å². The molecule has 0 spiro atoms. The van der Waals surface area contributed by atoms with Gasteiger partial charge in [0.2, 0.25) is 0 Å². The summed E-state index contributed by atoms with van der Waals surface area (Å²) < 4.78 is 43.0. The fourth-order valence-electron chi connectivity index (χ4n) is 1.97. The molecule has 1 heterocycles. The van der Waals surface area contributed by atoms with Crippen LogP contribution in [0.4, 0.5) is 13.2 Å². The summed E-state index contributed by atoms with van der Waals surface area (Å²) in [4.78, 5) is 0. The Morgan fingerprint density at radius 1 is 1.35 bits per heavy atom. The topological polar surface area (TPSA) is 29.5 Å². The first-order valence-electron chi connectivity index (χ1n) is 5.42. The van der Waals surface area contributed by atoms with Crippen LogP contribution in [0.3, 0.4) is 0 Å². The number of rotatable bonds is 3. The van der Waals surface area contributed by atoms with Crippen molar-refractivity contribution in [2.45, 2.75) is 31.0 Å². The second kappa shape index (κ2) is 4.22. The highest BCUT2D eigenvalue weighted by Gasteiger charge is 2.59. The van der Waals surface area contributed by atoms with Gasteiger partial charge in [0.15, 0.2) is 5.60 Å². The maximum atomic E-state index is 12.8. The number of halogens is 3. The number of alkyl halides is 3. The molecule has 0 saturated carbocycles. The summed E-state index contributed by atoms with van der Waals surface area (Å²) in [5.74, 6) is 0.0677. The lowest BCUT2D eigenvalue weighted by molar-refractivity contribution is -0.327. The first-order chi connectivity index (χ1) is 7.93. The van der Waals surface area contributed by atoms with Gasteiger partial charge in [-0.15, -0.1) is 0 Å². The predicted molar refractivity (Wildman–Crippen MR) is 55.8 cm³/mol. The molecule has 0 aromatic heterocycles. The number of aromatic hydroxyl groups is 1. The van der Waals surface area contributed by atoms with E-state index < -0.39 is 11.8 Å². The average molecular weight is 246 g/mol. The van der Waals surface area contributed by atoms with Crippen LogP contribution in [-0.4, -0.2) is 23.5 Å². The molecule has 5 heteroatoms. The molecule has 94 valence electrons. The third-order valence-electron chi connectivity index (χ3n) is 3.13. The molecule has 0 radical (unpaired) electrons. The fraction of sp³-hybridized carbons (Fsp3) is 0.500. The van der Waals surface area contributed by atoms with Crippen LogP contribution in [0.2, 0.25) is 0 Å². The van der Waals surface area contributed by atoms with Gasteiger partial charge >= 0.3 is 6.18 Å². The van der Waals surface area contributed by atoms with Crippen LogP contribution >= 0.6 is 0 Å². The van der Waals surface area contributed by atoms with Gasteiger partial charge in [-0.05, 0) is 30.5 Å². The number of hydrogen-bond donors (Lipinski definition) is 1. The van der Waals surface area contributed by atoms with Crippen molar-refractivity contribution in [2.75, 3.05) is 6.61 Å². The van der Waals surface area contributed by atoms with Crippen molar-refractivity contribution in [2.24, 2.45) is 0 Å². The zero-order valence-corrected chi connectivity index (χ0v) is 9.13. The van der Waals surface area contributed by atoms with E-state index >= 15 is 0 Å². The van der Waals surface area contributed by atoms with Gasteiger partial charge in [-0.25, -0.2) is 0 Å². The second-order valence-corrected chi connectivity index (χ2v) is 4.26. The monoisotopic (exact) mass is 246 g/mol.